The van der Waals surface area contributed by atoms with Gasteiger partial charge in [-0.2, -0.15) is 0 Å². The smallest absolute Gasteiger partial charge is 0.241 e. The van der Waals surface area contributed by atoms with Crippen molar-refractivity contribution in [1.29, 1.82) is 0 Å². The van der Waals surface area contributed by atoms with E-state index in [0.717, 1.165) is 5.56 Å². The van der Waals surface area contributed by atoms with E-state index in [2.05, 4.69) is 19.2 Å². The minimum Gasteiger partial charge on any atom is -0.493 e. The van der Waals surface area contributed by atoms with Crippen molar-refractivity contribution in [1.82, 2.24) is 10.2 Å². The molecule has 0 bridgehead atoms. The van der Waals surface area contributed by atoms with Gasteiger partial charge in [0.15, 0.2) is 11.5 Å². The summed E-state index contributed by atoms with van der Waals surface area (Å²) in [5, 5.41) is 2.53. The van der Waals surface area contributed by atoms with Crippen LogP contribution in [-0.2, 0) is 16.0 Å². The Kier molecular flexibility index (Phi) is 11.4. The van der Waals surface area contributed by atoms with Crippen LogP contribution in [0.3, 0.4) is 0 Å². The van der Waals surface area contributed by atoms with Crippen molar-refractivity contribution in [3.8, 4) is 11.5 Å². The first kappa shape index (κ1) is 24.0. The molecule has 0 heterocycles. The number of hydrogen-bond acceptors (Lipinski definition) is 5. The third kappa shape index (κ3) is 7.93. The van der Waals surface area contributed by atoms with E-state index >= 15 is 0 Å². The normalized spacial score (nSPS) is 10.1. The zero-order valence-corrected chi connectivity index (χ0v) is 16.7. The van der Waals surface area contributed by atoms with Crippen molar-refractivity contribution in [3.05, 3.63) is 23.8 Å². The molecule has 0 radical (unpaired) electrons. The van der Waals surface area contributed by atoms with Crippen molar-refractivity contribution >= 4 is 24.2 Å². The van der Waals surface area contributed by atoms with Crippen molar-refractivity contribution in [2.45, 2.75) is 20.3 Å². The van der Waals surface area contributed by atoms with E-state index in [9.17, 15) is 9.59 Å². The van der Waals surface area contributed by atoms with Gasteiger partial charge in [-0.3, -0.25) is 9.59 Å². The summed E-state index contributed by atoms with van der Waals surface area (Å²) in [4.78, 5) is 25.4. The highest BCUT2D eigenvalue weighted by Crippen LogP contribution is 2.27. The summed E-state index contributed by atoms with van der Waals surface area (Å²) in [5.74, 6) is 1.22. The first-order valence-electron chi connectivity index (χ1n) is 8.36. The van der Waals surface area contributed by atoms with Crippen molar-refractivity contribution in [3.63, 3.8) is 0 Å². The molecule has 1 aromatic carbocycles. The minimum atomic E-state index is -0.335. The minimum absolute atomic E-state index is 0. The maximum Gasteiger partial charge on any atom is 0.241 e. The number of carbonyl (C=O) groups is 2. The van der Waals surface area contributed by atoms with Gasteiger partial charge in [-0.1, -0.05) is 19.9 Å². The lowest BCUT2D eigenvalue weighted by molar-refractivity contribution is -0.133. The summed E-state index contributed by atoms with van der Waals surface area (Å²) in [5.41, 5.74) is 6.29. The molecule has 0 saturated carbocycles. The SMILES string of the molecule is COc1ccc(CCN(CC(C)C)C(=O)CNC(=O)CN)cc1OC.Cl. The second-order valence-corrected chi connectivity index (χ2v) is 6.15. The predicted molar refractivity (Wildman–Crippen MR) is 104 cm³/mol. The molecule has 0 saturated heterocycles. The van der Waals surface area contributed by atoms with Crippen molar-refractivity contribution in [2.24, 2.45) is 11.7 Å². The number of ether oxygens (including phenoxy) is 2. The van der Waals surface area contributed by atoms with Gasteiger partial charge < -0.3 is 25.4 Å². The second-order valence-electron chi connectivity index (χ2n) is 6.15. The van der Waals surface area contributed by atoms with E-state index in [-0.39, 0.29) is 37.3 Å². The van der Waals surface area contributed by atoms with Crippen LogP contribution in [0, 0.1) is 5.92 Å². The van der Waals surface area contributed by atoms with Crippen LogP contribution in [0.4, 0.5) is 0 Å². The average molecular weight is 388 g/mol. The Hall–Kier alpha value is -1.99. The quantitative estimate of drug-likeness (QED) is 0.629. The highest BCUT2D eigenvalue weighted by Gasteiger charge is 2.16. The van der Waals surface area contributed by atoms with Gasteiger partial charge >= 0.3 is 0 Å². The maximum absolute atomic E-state index is 12.4. The van der Waals surface area contributed by atoms with Gasteiger partial charge in [-0.15, -0.1) is 12.4 Å². The molecule has 7 nitrogen and oxygen atoms in total. The molecule has 3 N–H and O–H groups in total. The lowest BCUT2D eigenvalue weighted by Crippen LogP contribution is -2.44. The number of nitrogens with zero attached hydrogens (tertiary/aromatic N) is 1. The highest BCUT2D eigenvalue weighted by molar-refractivity contribution is 5.85. The van der Waals surface area contributed by atoms with Crippen molar-refractivity contribution < 1.29 is 19.1 Å². The fourth-order valence-corrected chi connectivity index (χ4v) is 2.42. The van der Waals surface area contributed by atoms with E-state index in [0.29, 0.717) is 36.9 Å². The summed E-state index contributed by atoms with van der Waals surface area (Å²) in [6, 6.07) is 5.72. The summed E-state index contributed by atoms with van der Waals surface area (Å²) < 4.78 is 10.5. The number of benzene rings is 1. The van der Waals surface area contributed by atoms with Crippen molar-refractivity contribution in [2.75, 3.05) is 40.4 Å². The lowest BCUT2D eigenvalue weighted by Gasteiger charge is -2.25. The standard InChI is InChI=1S/C18H29N3O4.ClH/c1-13(2)12-21(18(23)11-20-17(22)10-19)8-7-14-5-6-15(24-3)16(9-14)25-4;/h5-6,9,13H,7-8,10-12,19H2,1-4H3,(H,20,22);1H. The van der Waals surface area contributed by atoms with Crippen LogP contribution in [0.5, 0.6) is 11.5 Å². The third-order valence-electron chi connectivity index (χ3n) is 3.68. The first-order chi connectivity index (χ1) is 11.9. The molecular weight excluding hydrogens is 358 g/mol. The molecule has 0 atom stereocenters. The molecular formula is C18H30ClN3O4. The molecule has 8 heteroatoms. The largest absolute Gasteiger partial charge is 0.493 e. The lowest BCUT2D eigenvalue weighted by atomic mass is 10.1. The highest BCUT2D eigenvalue weighted by atomic mass is 35.5. The molecule has 0 aliphatic heterocycles. The van der Waals surface area contributed by atoms with Gasteiger partial charge in [0.2, 0.25) is 11.8 Å². The molecule has 0 spiro atoms. The van der Waals surface area contributed by atoms with Crippen LogP contribution in [-0.4, -0.2) is 57.1 Å². The Morgan fingerprint density at radius 2 is 1.85 bits per heavy atom. The van der Waals surface area contributed by atoms with Gasteiger partial charge in [-0.05, 0) is 30.0 Å². The number of hydrogen-bond donors (Lipinski definition) is 2. The van der Waals surface area contributed by atoms with Gasteiger partial charge in [0.25, 0.3) is 0 Å². The molecule has 2 amide bonds. The second kappa shape index (κ2) is 12.4. The number of amides is 2. The van der Waals surface area contributed by atoms with E-state index in [1.54, 1.807) is 19.1 Å². The number of rotatable bonds is 10. The number of carbonyl (C=O) groups excluding carboxylic acids is 2. The topological polar surface area (TPSA) is 93.9 Å². The fourth-order valence-electron chi connectivity index (χ4n) is 2.42. The molecule has 0 aromatic heterocycles. The maximum atomic E-state index is 12.4. The van der Waals surface area contributed by atoms with Crippen LogP contribution >= 0.6 is 12.4 Å². The van der Waals surface area contributed by atoms with Gasteiger partial charge in [0.1, 0.15) is 0 Å². The van der Waals surface area contributed by atoms with Gasteiger partial charge in [-0.25, -0.2) is 0 Å². The van der Waals surface area contributed by atoms with Crippen LogP contribution in [0.1, 0.15) is 19.4 Å². The predicted octanol–water partition coefficient (Wildman–Crippen LogP) is 1.23. The summed E-state index contributed by atoms with van der Waals surface area (Å²) in [6.07, 6.45) is 0.684. The summed E-state index contributed by atoms with van der Waals surface area (Å²) >= 11 is 0. The molecule has 0 aliphatic carbocycles. The van der Waals surface area contributed by atoms with Gasteiger partial charge in [0, 0.05) is 13.1 Å². The molecule has 0 aliphatic rings. The van der Waals surface area contributed by atoms with E-state index < -0.39 is 0 Å². The first-order valence-corrected chi connectivity index (χ1v) is 8.36. The van der Waals surface area contributed by atoms with Crippen LogP contribution in [0.2, 0.25) is 0 Å². The monoisotopic (exact) mass is 387 g/mol. The van der Waals surface area contributed by atoms with Gasteiger partial charge in [0.05, 0.1) is 27.3 Å². The Morgan fingerprint density at radius 3 is 2.38 bits per heavy atom. The zero-order chi connectivity index (χ0) is 18.8. The van der Waals surface area contributed by atoms with E-state index in [1.165, 1.54) is 0 Å². The fraction of sp³-hybridized carbons (Fsp3) is 0.556. The number of nitrogens with two attached hydrogens (primary N) is 1. The Bertz CT molecular complexity index is 582. The molecule has 1 rings (SSSR count). The van der Waals surface area contributed by atoms with Crippen LogP contribution < -0.4 is 20.5 Å². The zero-order valence-electron chi connectivity index (χ0n) is 15.9. The average Bonchev–Trinajstić information content (AvgIpc) is 2.61. The molecule has 148 valence electrons. The number of methoxy groups -OCH3 is 2. The molecule has 1 aromatic rings. The van der Waals surface area contributed by atoms with Crippen LogP contribution in [0.25, 0.3) is 0 Å². The van der Waals surface area contributed by atoms with E-state index in [1.807, 2.05) is 18.2 Å². The number of nitrogens with one attached hydrogen (secondary N) is 1. The third-order valence-corrected chi connectivity index (χ3v) is 3.68. The Labute approximate surface area is 161 Å². The number of halogens is 1. The molecule has 26 heavy (non-hydrogen) atoms. The van der Waals surface area contributed by atoms with Crippen LogP contribution in [0.15, 0.2) is 18.2 Å². The molecule has 0 fully saturated rings. The van der Waals surface area contributed by atoms with E-state index in [4.69, 9.17) is 15.2 Å². The summed E-state index contributed by atoms with van der Waals surface area (Å²) in [7, 11) is 3.19. The Morgan fingerprint density at radius 1 is 1.19 bits per heavy atom. The Balaban J connectivity index is 0.00000625. The molecule has 0 unspecified atom stereocenters. The summed E-state index contributed by atoms with van der Waals surface area (Å²) in [6.45, 7) is 5.14.